The number of urea groups is 1. The lowest BCUT2D eigenvalue weighted by atomic mass is 9.76. The number of anilines is 1. The Labute approximate surface area is 155 Å². The van der Waals surface area contributed by atoms with Crippen LogP contribution in [0, 0.1) is 0 Å². The maximum absolute atomic E-state index is 13.4. The van der Waals surface area contributed by atoms with E-state index in [2.05, 4.69) is 20.8 Å². The van der Waals surface area contributed by atoms with Gasteiger partial charge in [-0.1, -0.05) is 6.07 Å². The third-order valence-corrected chi connectivity index (χ3v) is 6.66. The number of fused-ring (bicyclic) bond motifs is 3. The highest BCUT2D eigenvalue weighted by atomic mass is 32.2. The molecule has 27 heavy (non-hydrogen) atoms. The molecule has 142 valence electrons. The van der Waals surface area contributed by atoms with Crippen molar-refractivity contribution in [3.63, 3.8) is 0 Å². The van der Waals surface area contributed by atoms with Gasteiger partial charge in [0.2, 0.25) is 5.88 Å². The Bertz CT molecular complexity index is 1070. The molecule has 8 nitrogen and oxygen atoms in total. The van der Waals surface area contributed by atoms with Gasteiger partial charge < -0.3 is 10.1 Å². The molecule has 0 bridgehead atoms. The number of nitrogens with zero attached hydrogens (tertiary/aromatic N) is 3. The SMILES string of the molecule is NS(=O)(=NC(=O)Nc1c2c(cc3c1CC3)CC2)c1cnn2c1OCC(F)C2. The van der Waals surface area contributed by atoms with E-state index in [0.29, 0.717) is 0 Å². The number of rotatable bonds is 2. The number of nitrogens with two attached hydrogens (primary N) is 1. The second-order valence-electron chi connectivity index (χ2n) is 7.02. The molecule has 10 heteroatoms. The molecule has 5 rings (SSSR count). The summed E-state index contributed by atoms with van der Waals surface area (Å²) >= 11 is 0. The second-order valence-corrected chi connectivity index (χ2v) is 8.78. The van der Waals surface area contributed by atoms with Crippen molar-refractivity contribution < 1.29 is 18.1 Å². The van der Waals surface area contributed by atoms with Crippen molar-refractivity contribution in [2.24, 2.45) is 9.50 Å². The molecule has 2 atom stereocenters. The zero-order chi connectivity index (χ0) is 18.8. The van der Waals surface area contributed by atoms with Crippen LogP contribution in [0.5, 0.6) is 5.88 Å². The number of alkyl halides is 1. The Morgan fingerprint density at radius 3 is 2.67 bits per heavy atom. The minimum absolute atomic E-state index is 0.00127. The summed E-state index contributed by atoms with van der Waals surface area (Å²) in [7, 11) is -3.57. The standard InChI is InChI=1S/C17H18FN5O3S/c18-11-7-23-16(26-8-11)14(6-20-23)27(19,25)22-17(24)21-15-12-3-1-9(12)5-10-2-4-13(10)15/h5-6,11H,1-4,7-8H2,(H3,19,21,22,24,25). The van der Waals surface area contributed by atoms with Crippen molar-refractivity contribution >= 4 is 21.6 Å². The predicted molar refractivity (Wildman–Crippen MR) is 95.9 cm³/mol. The largest absolute Gasteiger partial charge is 0.474 e. The number of nitrogens with one attached hydrogen (secondary N) is 1. The average Bonchev–Trinajstić information content (AvgIpc) is 2.95. The Morgan fingerprint density at radius 2 is 2.04 bits per heavy atom. The summed E-state index contributed by atoms with van der Waals surface area (Å²) < 4.78 is 36.4. The van der Waals surface area contributed by atoms with Crippen LogP contribution < -0.4 is 15.2 Å². The molecule has 0 fully saturated rings. The van der Waals surface area contributed by atoms with Gasteiger partial charge in [0.15, 0.2) is 16.1 Å². The van der Waals surface area contributed by atoms with E-state index in [9.17, 15) is 13.4 Å². The molecule has 0 saturated carbocycles. The Hall–Kier alpha value is -2.46. The Balaban J connectivity index is 1.45. The molecule has 2 heterocycles. The summed E-state index contributed by atoms with van der Waals surface area (Å²) in [5, 5.41) is 12.5. The fourth-order valence-corrected chi connectivity index (χ4v) is 4.77. The van der Waals surface area contributed by atoms with Gasteiger partial charge in [0.05, 0.1) is 12.7 Å². The van der Waals surface area contributed by atoms with Gasteiger partial charge in [0, 0.05) is 5.69 Å². The second kappa shape index (κ2) is 5.77. The molecule has 2 unspecified atom stereocenters. The van der Waals surface area contributed by atoms with Crippen molar-refractivity contribution in [3.8, 4) is 5.88 Å². The molecule has 1 aromatic carbocycles. The maximum atomic E-state index is 13.4. The van der Waals surface area contributed by atoms with E-state index in [1.807, 2.05) is 0 Å². The lowest BCUT2D eigenvalue weighted by molar-refractivity contribution is 0.122. The number of aromatic nitrogens is 2. The van der Waals surface area contributed by atoms with Crippen molar-refractivity contribution in [1.29, 1.82) is 0 Å². The number of carbonyl (C=O) groups is 1. The zero-order valence-corrected chi connectivity index (χ0v) is 15.2. The summed E-state index contributed by atoms with van der Waals surface area (Å²) in [5.41, 5.74) is 5.54. The predicted octanol–water partition coefficient (Wildman–Crippen LogP) is 1.74. The Morgan fingerprint density at radius 1 is 1.33 bits per heavy atom. The molecule has 2 aliphatic carbocycles. The van der Waals surface area contributed by atoms with E-state index in [1.165, 1.54) is 22.0 Å². The summed E-state index contributed by atoms with van der Waals surface area (Å²) in [4.78, 5) is 12.5. The molecule has 0 radical (unpaired) electrons. The normalized spacial score (nSPS) is 21.3. The van der Waals surface area contributed by atoms with Crippen LogP contribution >= 0.6 is 0 Å². The number of hydrogen-bond acceptors (Lipinski definition) is 4. The van der Waals surface area contributed by atoms with E-state index in [4.69, 9.17) is 9.88 Å². The topological polar surface area (TPSA) is 112 Å². The zero-order valence-electron chi connectivity index (χ0n) is 14.4. The summed E-state index contributed by atoms with van der Waals surface area (Å²) in [5.74, 6) is 0.0980. The quantitative estimate of drug-likeness (QED) is 0.812. The van der Waals surface area contributed by atoms with Gasteiger partial charge in [0.1, 0.15) is 11.5 Å². The van der Waals surface area contributed by atoms with Crippen molar-refractivity contribution in [2.75, 3.05) is 11.9 Å². The van der Waals surface area contributed by atoms with Crippen LogP contribution in [-0.2, 0) is 42.1 Å². The molecule has 2 amide bonds. The van der Waals surface area contributed by atoms with Gasteiger partial charge in [-0.15, -0.1) is 4.36 Å². The van der Waals surface area contributed by atoms with E-state index in [0.717, 1.165) is 42.5 Å². The van der Waals surface area contributed by atoms with E-state index >= 15 is 0 Å². The molecule has 1 aliphatic heterocycles. The van der Waals surface area contributed by atoms with Crippen LogP contribution in [0.15, 0.2) is 21.5 Å². The maximum Gasteiger partial charge on any atom is 0.354 e. The van der Waals surface area contributed by atoms with E-state index in [1.54, 1.807) is 0 Å². The number of amides is 2. The number of benzene rings is 1. The summed E-state index contributed by atoms with van der Waals surface area (Å²) in [6.07, 6.45) is 3.84. The third kappa shape index (κ3) is 2.62. The van der Waals surface area contributed by atoms with Gasteiger partial charge in [-0.2, -0.15) is 5.10 Å². The summed E-state index contributed by atoms with van der Waals surface area (Å²) in [6, 6.07) is 1.43. The minimum Gasteiger partial charge on any atom is -0.474 e. The fraction of sp³-hybridized carbons (Fsp3) is 0.412. The molecule has 0 saturated heterocycles. The van der Waals surface area contributed by atoms with Gasteiger partial charge >= 0.3 is 6.03 Å². The van der Waals surface area contributed by atoms with Crippen molar-refractivity contribution in [3.05, 3.63) is 34.5 Å². The molecular weight excluding hydrogens is 373 g/mol. The smallest absolute Gasteiger partial charge is 0.354 e. The first-order chi connectivity index (χ1) is 12.9. The third-order valence-electron chi connectivity index (χ3n) is 5.31. The number of ether oxygens (including phenoxy) is 1. The first-order valence-corrected chi connectivity index (χ1v) is 10.4. The van der Waals surface area contributed by atoms with E-state index < -0.39 is 22.1 Å². The highest BCUT2D eigenvalue weighted by Crippen LogP contribution is 2.40. The van der Waals surface area contributed by atoms with Crippen molar-refractivity contribution in [2.45, 2.75) is 43.3 Å². The number of hydrogen-bond donors (Lipinski definition) is 2. The molecule has 0 spiro atoms. The average molecular weight is 391 g/mol. The van der Waals surface area contributed by atoms with Crippen LogP contribution in [0.2, 0.25) is 0 Å². The lowest BCUT2D eigenvalue weighted by Gasteiger charge is -2.31. The van der Waals surface area contributed by atoms with Crippen LogP contribution in [0.25, 0.3) is 0 Å². The van der Waals surface area contributed by atoms with Gasteiger partial charge in [0.25, 0.3) is 0 Å². The fourth-order valence-electron chi connectivity index (χ4n) is 3.77. The molecule has 1 aromatic heterocycles. The Kier molecular flexibility index (Phi) is 3.57. The number of carbonyl (C=O) groups excluding carboxylic acids is 1. The van der Waals surface area contributed by atoms with Crippen LogP contribution in [0.1, 0.15) is 22.3 Å². The molecular formula is C17H18FN5O3S. The van der Waals surface area contributed by atoms with Gasteiger partial charge in [-0.05, 0) is 47.9 Å². The van der Waals surface area contributed by atoms with Crippen LogP contribution in [-0.4, -0.2) is 32.8 Å². The van der Waals surface area contributed by atoms with Crippen LogP contribution in [0.3, 0.4) is 0 Å². The number of halogens is 1. The summed E-state index contributed by atoms with van der Waals surface area (Å²) in [6.45, 7) is -0.192. The highest BCUT2D eigenvalue weighted by Gasteiger charge is 2.30. The lowest BCUT2D eigenvalue weighted by Crippen LogP contribution is -2.28. The van der Waals surface area contributed by atoms with E-state index in [-0.39, 0.29) is 23.9 Å². The molecule has 3 aliphatic rings. The van der Waals surface area contributed by atoms with Gasteiger partial charge in [-0.3, -0.25) is 0 Å². The first kappa shape index (κ1) is 16.7. The van der Waals surface area contributed by atoms with Crippen LogP contribution in [0.4, 0.5) is 14.9 Å². The minimum atomic E-state index is -3.57. The number of aryl methyl sites for hydroxylation is 2. The monoisotopic (exact) mass is 391 g/mol. The highest BCUT2D eigenvalue weighted by molar-refractivity contribution is 7.91. The van der Waals surface area contributed by atoms with Gasteiger partial charge in [-0.25, -0.2) is 23.2 Å². The van der Waals surface area contributed by atoms with Crippen molar-refractivity contribution in [1.82, 2.24) is 9.78 Å². The molecule has 3 N–H and O–H groups in total. The first-order valence-electron chi connectivity index (χ1n) is 8.77. The molecule has 2 aromatic rings.